The highest BCUT2D eigenvalue weighted by Crippen LogP contribution is 2.44. The molecule has 2 rings (SSSR count). The van der Waals surface area contributed by atoms with E-state index in [0.717, 1.165) is 5.56 Å². The molecule has 20 heavy (non-hydrogen) atoms. The van der Waals surface area contributed by atoms with Gasteiger partial charge >= 0.3 is 5.97 Å². The largest absolute Gasteiger partial charge is 0.495 e. The highest BCUT2D eigenvalue weighted by atomic mass is 79.9. The summed E-state index contributed by atoms with van der Waals surface area (Å²) >= 11 is 3.41. The van der Waals surface area contributed by atoms with Crippen LogP contribution < -0.4 is 9.47 Å². The first-order valence-electron chi connectivity index (χ1n) is 5.61. The zero-order valence-electron chi connectivity index (χ0n) is 11.1. The Morgan fingerprint density at radius 3 is 2.45 bits per heavy atom. The minimum absolute atomic E-state index is 0.161. The Morgan fingerprint density at radius 2 is 1.95 bits per heavy atom. The summed E-state index contributed by atoms with van der Waals surface area (Å²) < 4.78 is 16.3. The van der Waals surface area contributed by atoms with Crippen LogP contribution in [-0.4, -0.2) is 30.5 Å². The van der Waals surface area contributed by atoms with Gasteiger partial charge in [0, 0.05) is 6.07 Å². The molecule has 0 aliphatic heterocycles. The van der Waals surface area contributed by atoms with Crippen LogP contribution in [0.2, 0.25) is 0 Å². The van der Waals surface area contributed by atoms with E-state index in [9.17, 15) is 4.79 Å². The zero-order chi connectivity index (χ0) is 14.9. The molecule has 0 aliphatic rings. The van der Waals surface area contributed by atoms with Crippen LogP contribution in [0.15, 0.2) is 21.1 Å². The van der Waals surface area contributed by atoms with Gasteiger partial charge in [0.15, 0.2) is 11.5 Å². The second kappa shape index (κ2) is 5.54. The number of carboxylic acids is 1. The van der Waals surface area contributed by atoms with Gasteiger partial charge in [-0.3, -0.25) is 0 Å². The number of aromatic nitrogens is 1. The van der Waals surface area contributed by atoms with Crippen molar-refractivity contribution in [1.82, 2.24) is 5.16 Å². The molecule has 1 aromatic carbocycles. The lowest BCUT2D eigenvalue weighted by atomic mass is 10.1. The van der Waals surface area contributed by atoms with Crippen LogP contribution in [0.25, 0.3) is 11.3 Å². The maximum atomic E-state index is 10.9. The average molecular weight is 342 g/mol. The average Bonchev–Trinajstić information content (AvgIpc) is 2.88. The molecule has 1 N–H and O–H groups in total. The molecule has 0 radical (unpaired) electrons. The molecule has 0 unspecified atom stereocenters. The molecule has 7 heteroatoms. The molecule has 1 aromatic heterocycles. The predicted molar refractivity (Wildman–Crippen MR) is 74.4 cm³/mol. The van der Waals surface area contributed by atoms with Crippen molar-refractivity contribution in [3.8, 4) is 22.8 Å². The standard InChI is InChI=1S/C13H12BrNO5/c1-6-4-7(9-5-8(13(16)17)15-20-9)12(19-3)10(14)11(6)18-2/h4-5H,1-3H3,(H,16,17). The van der Waals surface area contributed by atoms with Crippen molar-refractivity contribution in [2.45, 2.75) is 6.92 Å². The molecule has 0 saturated carbocycles. The predicted octanol–water partition coefficient (Wildman–Crippen LogP) is 3.13. The zero-order valence-corrected chi connectivity index (χ0v) is 12.6. The number of hydrogen-bond acceptors (Lipinski definition) is 5. The smallest absolute Gasteiger partial charge is 0.358 e. The third-order valence-corrected chi connectivity index (χ3v) is 3.49. The highest BCUT2D eigenvalue weighted by molar-refractivity contribution is 9.10. The molecular weight excluding hydrogens is 330 g/mol. The summed E-state index contributed by atoms with van der Waals surface area (Å²) in [7, 11) is 3.07. The number of benzene rings is 1. The summed E-state index contributed by atoms with van der Waals surface area (Å²) in [5.74, 6) is 0.290. The van der Waals surface area contributed by atoms with Crippen LogP contribution >= 0.6 is 15.9 Å². The first-order valence-corrected chi connectivity index (χ1v) is 6.40. The number of nitrogens with zero attached hydrogens (tertiary/aromatic N) is 1. The second-order valence-corrected chi connectivity index (χ2v) is 4.80. The summed E-state index contributed by atoms with van der Waals surface area (Å²) in [5, 5.41) is 12.4. The normalized spacial score (nSPS) is 10.4. The van der Waals surface area contributed by atoms with Crippen LogP contribution in [0.1, 0.15) is 16.1 Å². The third-order valence-electron chi connectivity index (χ3n) is 2.77. The summed E-state index contributed by atoms with van der Waals surface area (Å²) in [4.78, 5) is 10.9. The Balaban J connectivity index is 2.63. The number of rotatable bonds is 4. The van der Waals surface area contributed by atoms with Crippen LogP contribution in [0.5, 0.6) is 11.5 Å². The van der Waals surface area contributed by atoms with Crippen molar-refractivity contribution in [2.24, 2.45) is 0 Å². The molecular formula is C13H12BrNO5. The molecule has 1 heterocycles. The number of aryl methyl sites for hydroxylation is 1. The molecule has 0 fully saturated rings. The molecule has 2 aromatic rings. The van der Waals surface area contributed by atoms with Gasteiger partial charge in [-0.25, -0.2) is 4.79 Å². The van der Waals surface area contributed by atoms with E-state index in [0.29, 0.717) is 27.3 Å². The molecule has 0 bridgehead atoms. The fraction of sp³-hybridized carbons (Fsp3) is 0.231. The van der Waals surface area contributed by atoms with Crippen molar-refractivity contribution in [2.75, 3.05) is 14.2 Å². The van der Waals surface area contributed by atoms with E-state index in [1.807, 2.05) is 6.92 Å². The van der Waals surface area contributed by atoms with E-state index in [1.165, 1.54) is 13.2 Å². The first-order chi connectivity index (χ1) is 9.49. The van der Waals surface area contributed by atoms with Gasteiger partial charge in [0.05, 0.1) is 19.8 Å². The van der Waals surface area contributed by atoms with Gasteiger partial charge in [0.2, 0.25) is 0 Å². The Kier molecular flexibility index (Phi) is 3.99. The number of halogens is 1. The number of aromatic carboxylic acids is 1. The fourth-order valence-electron chi connectivity index (χ4n) is 1.88. The SMILES string of the molecule is COc1c(C)cc(-c2cc(C(=O)O)no2)c(OC)c1Br. The van der Waals surface area contributed by atoms with Crippen molar-refractivity contribution in [3.05, 3.63) is 27.9 Å². The summed E-state index contributed by atoms with van der Waals surface area (Å²) in [6.45, 7) is 1.86. The topological polar surface area (TPSA) is 81.8 Å². The number of carbonyl (C=O) groups is 1. The summed E-state index contributed by atoms with van der Waals surface area (Å²) in [5.41, 5.74) is 1.28. The molecule has 6 nitrogen and oxygen atoms in total. The van der Waals surface area contributed by atoms with Crippen LogP contribution in [0.4, 0.5) is 0 Å². The van der Waals surface area contributed by atoms with Crippen LogP contribution in [0.3, 0.4) is 0 Å². The third kappa shape index (κ3) is 2.36. The Hall–Kier alpha value is -2.02. The van der Waals surface area contributed by atoms with Gasteiger partial charge < -0.3 is 19.1 Å². The summed E-state index contributed by atoms with van der Waals surface area (Å²) in [6.07, 6.45) is 0. The molecule has 0 amide bonds. The van der Waals surface area contributed by atoms with Crippen molar-refractivity contribution < 1.29 is 23.9 Å². The monoisotopic (exact) mass is 341 g/mol. The van der Waals surface area contributed by atoms with Gasteiger partial charge in [-0.2, -0.15) is 0 Å². The Morgan fingerprint density at radius 1 is 1.30 bits per heavy atom. The summed E-state index contributed by atoms with van der Waals surface area (Å²) in [6, 6.07) is 3.13. The molecule has 0 atom stereocenters. The van der Waals surface area contributed by atoms with Gasteiger partial charge in [-0.05, 0) is 34.5 Å². The lowest BCUT2D eigenvalue weighted by Crippen LogP contribution is -1.96. The lowest BCUT2D eigenvalue weighted by molar-refractivity contribution is 0.0686. The molecule has 0 spiro atoms. The van der Waals surface area contributed by atoms with E-state index in [1.54, 1.807) is 13.2 Å². The van der Waals surface area contributed by atoms with Crippen molar-refractivity contribution in [1.29, 1.82) is 0 Å². The van der Waals surface area contributed by atoms with Crippen molar-refractivity contribution >= 4 is 21.9 Å². The minimum Gasteiger partial charge on any atom is -0.495 e. The Labute approximate surface area is 123 Å². The van der Waals surface area contributed by atoms with Crippen LogP contribution in [0, 0.1) is 6.92 Å². The second-order valence-electron chi connectivity index (χ2n) is 4.00. The minimum atomic E-state index is -1.15. The maximum Gasteiger partial charge on any atom is 0.358 e. The van der Waals surface area contributed by atoms with E-state index in [-0.39, 0.29) is 5.69 Å². The van der Waals surface area contributed by atoms with E-state index in [2.05, 4.69) is 21.1 Å². The number of hydrogen-bond donors (Lipinski definition) is 1. The van der Waals surface area contributed by atoms with Crippen molar-refractivity contribution in [3.63, 3.8) is 0 Å². The van der Waals surface area contributed by atoms with Gasteiger partial charge in [-0.1, -0.05) is 5.16 Å². The highest BCUT2D eigenvalue weighted by Gasteiger charge is 2.21. The lowest BCUT2D eigenvalue weighted by Gasteiger charge is -2.14. The van der Waals surface area contributed by atoms with E-state index < -0.39 is 5.97 Å². The van der Waals surface area contributed by atoms with Gasteiger partial charge in [0.25, 0.3) is 0 Å². The number of methoxy groups -OCH3 is 2. The number of carboxylic acid groups (broad SMARTS) is 1. The van der Waals surface area contributed by atoms with Gasteiger partial charge in [-0.15, -0.1) is 0 Å². The molecule has 106 valence electrons. The van der Waals surface area contributed by atoms with E-state index in [4.69, 9.17) is 19.1 Å². The van der Waals surface area contributed by atoms with Gasteiger partial charge in [0.1, 0.15) is 16.0 Å². The quantitative estimate of drug-likeness (QED) is 0.919. The van der Waals surface area contributed by atoms with E-state index >= 15 is 0 Å². The number of ether oxygens (including phenoxy) is 2. The first kappa shape index (κ1) is 14.4. The molecule has 0 saturated heterocycles. The fourth-order valence-corrected chi connectivity index (χ4v) is 2.73. The van der Waals surface area contributed by atoms with Crippen LogP contribution in [-0.2, 0) is 0 Å². The Bertz CT molecular complexity index is 665. The molecule has 0 aliphatic carbocycles. The maximum absolute atomic E-state index is 10.9.